The van der Waals surface area contributed by atoms with E-state index in [1.54, 1.807) is 0 Å². The molecule has 1 aromatic carbocycles. The van der Waals surface area contributed by atoms with Gasteiger partial charge in [0.25, 0.3) is 11.8 Å². The molecule has 0 unspecified atom stereocenters. The Morgan fingerprint density at radius 3 is 2.00 bits per heavy atom. The van der Waals surface area contributed by atoms with Gasteiger partial charge >= 0.3 is 11.9 Å². The minimum atomic E-state index is -1.01. The average molecular weight is 667 g/mol. The molecule has 1 saturated heterocycles. The Labute approximate surface area is 177 Å². The van der Waals surface area contributed by atoms with Crippen LogP contribution in [0.3, 0.4) is 0 Å². The molecule has 10 heteroatoms. The zero-order valence-electron chi connectivity index (χ0n) is 11.8. The zero-order valence-corrected chi connectivity index (χ0v) is 18.2. The van der Waals surface area contributed by atoms with Crippen LogP contribution in [0, 0.1) is 10.7 Å². The van der Waals surface area contributed by atoms with Crippen molar-refractivity contribution in [3.8, 4) is 5.75 Å². The van der Waals surface area contributed by atoms with Crippen molar-refractivity contribution >= 4 is 91.5 Å². The quantitative estimate of drug-likeness (QED) is 0.162. The van der Waals surface area contributed by atoms with Gasteiger partial charge in [-0.15, -0.1) is 5.06 Å². The van der Waals surface area contributed by atoms with E-state index in [1.807, 2.05) is 57.3 Å². The van der Waals surface area contributed by atoms with Crippen molar-refractivity contribution in [2.24, 2.45) is 0 Å². The molecule has 7 nitrogen and oxygen atoms in total. The Hall–Kier alpha value is -0.770. The molecule has 126 valence electrons. The number of hydrogen-bond donors (Lipinski definition) is 0. The first-order chi connectivity index (χ1) is 11.3. The van der Waals surface area contributed by atoms with Crippen molar-refractivity contribution in [2.75, 3.05) is 0 Å². The molecule has 0 saturated carbocycles. The van der Waals surface area contributed by atoms with Crippen molar-refractivity contribution in [1.82, 2.24) is 5.06 Å². The molecular formula is C14H8I3NO6. The molecule has 24 heavy (non-hydrogen) atoms. The number of hydrogen-bond acceptors (Lipinski definition) is 6. The summed E-state index contributed by atoms with van der Waals surface area (Å²) in [5.74, 6) is -2.57. The second-order valence-corrected chi connectivity index (χ2v) is 8.02. The van der Waals surface area contributed by atoms with Gasteiger partial charge in [-0.25, -0.2) is 9.59 Å². The summed E-state index contributed by atoms with van der Waals surface area (Å²) in [5, 5.41) is 0.406. The fourth-order valence-corrected chi connectivity index (χ4v) is 5.48. The summed E-state index contributed by atoms with van der Waals surface area (Å²) >= 11 is 6.23. The van der Waals surface area contributed by atoms with Gasteiger partial charge in [0.1, 0.15) is 0 Å². The summed E-state index contributed by atoms with van der Waals surface area (Å²) in [4.78, 5) is 50.6. The number of imide groups is 1. The Morgan fingerprint density at radius 2 is 1.46 bits per heavy atom. The van der Waals surface area contributed by atoms with Crippen LogP contribution in [0.25, 0.3) is 0 Å². The van der Waals surface area contributed by atoms with Crippen LogP contribution in [-0.2, 0) is 24.0 Å². The summed E-state index contributed by atoms with van der Waals surface area (Å²) in [5.41, 5.74) is 0. The predicted octanol–water partition coefficient (Wildman–Crippen LogP) is 2.57. The number of carbonyl (C=O) groups excluding carboxylic acids is 4. The van der Waals surface area contributed by atoms with Gasteiger partial charge in [0.2, 0.25) is 0 Å². The maximum absolute atomic E-state index is 11.8. The molecule has 1 heterocycles. The fourth-order valence-electron chi connectivity index (χ4n) is 1.68. The first-order valence-electron chi connectivity index (χ1n) is 6.40. The number of amides is 2. The molecule has 1 aliphatic rings. The lowest BCUT2D eigenvalue weighted by molar-refractivity contribution is -0.193. The molecule has 0 bridgehead atoms. The van der Waals surface area contributed by atoms with Crippen LogP contribution in [0.15, 0.2) is 24.3 Å². The number of benzene rings is 1. The maximum atomic E-state index is 11.8. The number of esters is 1. The molecule has 0 aromatic heterocycles. The first kappa shape index (κ1) is 19.6. The van der Waals surface area contributed by atoms with E-state index in [1.165, 1.54) is 0 Å². The van der Waals surface area contributed by atoms with Gasteiger partial charge in [0.15, 0.2) is 5.75 Å². The largest absolute Gasteiger partial charge is 0.421 e. The van der Waals surface area contributed by atoms with E-state index in [9.17, 15) is 19.2 Å². The van der Waals surface area contributed by atoms with Gasteiger partial charge in [-0.3, -0.25) is 9.59 Å². The van der Waals surface area contributed by atoms with Crippen LogP contribution in [0.4, 0.5) is 0 Å². The van der Waals surface area contributed by atoms with Gasteiger partial charge in [-0.2, -0.15) is 0 Å². The monoisotopic (exact) mass is 667 g/mol. The van der Waals surface area contributed by atoms with Gasteiger partial charge in [0.05, 0.1) is 7.14 Å². The minimum Gasteiger partial charge on any atom is -0.421 e. The van der Waals surface area contributed by atoms with Crippen molar-refractivity contribution in [2.45, 2.75) is 12.8 Å². The fraction of sp³-hybridized carbons (Fsp3) is 0.143. The number of hydroxylamine groups is 2. The summed E-state index contributed by atoms with van der Waals surface area (Å²) < 4.78 is 7.70. The average Bonchev–Trinajstić information content (AvgIpc) is 2.80. The zero-order chi connectivity index (χ0) is 17.9. The van der Waals surface area contributed by atoms with Crippen LogP contribution in [-0.4, -0.2) is 28.8 Å². The lowest BCUT2D eigenvalue weighted by atomic mass is 10.3. The Bertz CT molecular complexity index is 722. The summed E-state index contributed by atoms with van der Waals surface area (Å²) in [6, 6.07) is 3.68. The van der Waals surface area contributed by atoms with E-state index in [2.05, 4.69) is 27.4 Å². The molecule has 1 fully saturated rings. The van der Waals surface area contributed by atoms with Crippen molar-refractivity contribution in [3.05, 3.63) is 35.0 Å². The SMILES string of the molecule is O=C(/C=C/C(=O)ON1C(=O)CCC1=O)Oc1c(I)cc(I)cc1I. The van der Waals surface area contributed by atoms with E-state index in [0.29, 0.717) is 10.8 Å². The lowest BCUT2D eigenvalue weighted by Gasteiger charge is -2.10. The third kappa shape index (κ3) is 5.11. The molecular weight excluding hydrogens is 659 g/mol. The first-order valence-corrected chi connectivity index (χ1v) is 9.63. The molecule has 2 rings (SSSR count). The van der Waals surface area contributed by atoms with E-state index >= 15 is 0 Å². The summed E-state index contributed by atoms with van der Waals surface area (Å²) in [7, 11) is 0. The second kappa shape index (κ2) is 8.55. The number of ether oxygens (including phenoxy) is 1. The highest BCUT2D eigenvalue weighted by molar-refractivity contribution is 14.1. The highest BCUT2D eigenvalue weighted by Gasteiger charge is 2.32. The molecule has 0 N–H and O–H groups in total. The van der Waals surface area contributed by atoms with Crippen LogP contribution in [0.5, 0.6) is 5.75 Å². The smallest absolute Gasteiger partial charge is 0.357 e. The van der Waals surface area contributed by atoms with Crippen molar-refractivity contribution in [3.63, 3.8) is 0 Å². The number of carbonyl (C=O) groups is 4. The second-order valence-electron chi connectivity index (χ2n) is 4.45. The van der Waals surface area contributed by atoms with E-state index in [-0.39, 0.29) is 12.8 Å². The molecule has 0 atom stereocenters. The Balaban J connectivity index is 1.97. The summed E-state index contributed by atoms with van der Waals surface area (Å²) in [6.45, 7) is 0. The molecule has 0 aliphatic carbocycles. The highest BCUT2D eigenvalue weighted by Crippen LogP contribution is 2.29. The summed E-state index contributed by atoms with van der Waals surface area (Å²) in [6.07, 6.45) is 1.67. The minimum absolute atomic E-state index is 0.00154. The topological polar surface area (TPSA) is 90.0 Å². The number of nitrogens with zero attached hydrogens (tertiary/aromatic N) is 1. The van der Waals surface area contributed by atoms with E-state index in [4.69, 9.17) is 4.74 Å². The number of rotatable bonds is 4. The van der Waals surface area contributed by atoms with Gasteiger partial charge in [0, 0.05) is 28.6 Å². The van der Waals surface area contributed by atoms with E-state index < -0.39 is 23.8 Å². The Morgan fingerprint density at radius 1 is 0.958 bits per heavy atom. The van der Waals surface area contributed by atoms with E-state index in [0.717, 1.165) is 22.9 Å². The maximum Gasteiger partial charge on any atom is 0.357 e. The standard InChI is InChI=1S/C14H8I3NO6/c15-7-5-8(16)14(9(17)6-7)23-12(21)3-4-13(22)24-18-10(19)1-2-11(18)20/h3-6H,1-2H2/b4-3+. The third-order valence-corrected chi connectivity index (χ3v) is 4.93. The Kier molecular flexibility index (Phi) is 6.97. The molecule has 0 radical (unpaired) electrons. The van der Waals surface area contributed by atoms with Crippen LogP contribution in [0.1, 0.15) is 12.8 Å². The normalized spacial score (nSPS) is 14.4. The lowest BCUT2D eigenvalue weighted by Crippen LogP contribution is -2.31. The number of halogens is 3. The molecule has 1 aromatic rings. The highest BCUT2D eigenvalue weighted by atomic mass is 127. The molecule has 1 aliphatic heterocycles. The molecule has 2 amide bonds. The third-order valence-electron chi connectivity index (χ3n) is 2.71. The van der Waals surface area contributed by atoms with Gasteiger partial charge in [-0.05, 0) is 79.9 Å². The molecule has 0 spiro atoms. The van der Waals surface area contributed by atoms with Gasteiger partial charge in [-0.1, -0.05) is 0 Å². The van der Waals surface area contributed by atoms with Crippen LogP contribution in [0.2, 0.25) is 0 Å². The van der Waals surface area contributed by atoms with Crippen molar-refractivity contribution < 1.29 is 28.8 Å². The van der Waals surface area contributed by atoms with Crippen molar-refractivity contribution in [1.29, 1.82) is 0 Å². The van der Waals surface area contributed by atoms with Crippen LogP contribution < -0.4 is 4.74 Å². The van der Waals surface area contributed by atoms with Gasteiger partial charge < -0.3 is 9.57 Å². The predicted molar refractivity (Wildman–Crippen MR) is 107 cm³/mol. The van der Waals surface area contributed by atoms with Crippen LogP contribution >= 0.6 is 67.8 Å².